The summed E-state index contributed by atoms with van der Waals surface area (Å²) in [6, 6.07) is 18.4. The van der Waals surface area contributed by atoms with E-state index in [4.69, 9.17) is 0 Å². The second kappa shape index (κ2) is 9.46. The molecule has 0 aliphatic carbocycles. The van der Waals surface area contributed by atoms with E-state index in [1.807, 2.05) is 0 Å². The van der Waals surface area contributed by atoms with Crippen LogP contribution in [0.25, 0.3) is 22.2 Å². The standard InChI is InChI=1S/C26H24N6O4S2/c33-37(34,30-16-4-5-17-30)23-10-8-20(9-11-23)24-12-13-27-26-25(24)18-21(19-31-28-14-15-29-31)32(26)38(35,36)22-6-2-1-3-7-22/h1-3,6-15,18H,4-5,16-17,19H2. The van der Waals surface area contributed by atoms with E-state index in [0.717, 1.165) is 24.0 Å². The summed E-state index contributed by atoms with van der Waals surface area (Å²) < 4.78 is 56.3. The SMILES string of the molecule is O=S(=O)(c1ccc(-c2ccnc3c2cc(Cn2nccn2)n3S(=O)(=O)c2ccccc2)cc1)N1CCCC1. The molecule has 0 atom stereocenters. The fraction of sp³-hybridized carbons (Fsp3) is 0.192. The van der Waals surface area contributed by atoms with Crippen molar-refractivity contribution in [3.05, 3.63) is 91.0 Å². The Bertz CT molecular complexity index is 1810. The van der Waals surface area contributed by atoms with Gasteiger partial charge in [-0.05, 0) is 60.4 Å². The third-order valence-corrected chi connectivity index (χ3v) is 10.3. The zero-order valence-electron chi connectivity index (χ0n) is 20.3. The Hall–Kier alpha value is -3.87. The van der Waals surface area contributed by atoms with E-state index in [0.29, 0.717) is 24.2 Å². The summed E-state index contributed by atoms with van der Waals surface area (Å²) in [4.78, 5) is 6.23. The van der Waals surface area contributed by atoms with E-state index < -0.39 is 20.0 Å². The molecular formula is C26H24N6O4S2. The molecular weight excluding hydrogens is 524 g/mol. The number of nitrogens with zero attached hydrogens (tertiary/aromatic N) is 6. The van der Waals surface area contributed by atoms with Gasteiger partial charge in [0.2, 0.25) is 10.0 Å². The second-order valence-electron chi connectivity index (χ2n) is 9.01. The van der Waals surface area contributed by atoms with Crippen molar-refractivity contribution >= 4 is 31.1 Å². The molecule has 0 spiro atoms. The van der Waals surface area contributed by atoms with Gasteiger partial charge < -0.3 is 0 Å². The number of hydrogen-bond donors (Lipinski definition) is 0. The van der Waals surface area contributed by atoms with Crippen LogP contribution in [0, 0.1) is 0 Å². The Labute approximate surface area is 220 Å². The van der Waals surface area contributed by atoms with Crippen LogP contribution in [-0.4, -0.2) is 58.2 Å². The van der Waals surface area contributed by atoms with Crippen LogP contribution in [0.15, 0.2) is 95.1 Å². The molecule has 0 bridgehead atoms. The molecule has 0 N–H and O–H groups in total. The number of pyridine rings is 1. The van der Waals surface area contributed by atoms with Crippen LogP contribution in [0.3, 0.4) is 0 Å². The van der Waals surface area contributed by atoms with Crippen LogP contribution < -0.4 is 0 Å². The third-order valence-electron chi connectivity index (χ3n) is 6.65. The Morgan fingerprint density at radius 3 is 2.08 bits per heavy atom. The average Bonchev–Trinajstić information content (AvgIpc) is 3.71. The van der Waals surface area contributed by atoms with E-state index in [2.05, 4.69) is 15.2 Å². The Balaban J connectivity index is 1.49. The van der Waals surface area contributed by atoms with Crippen molar-refractivity contribution in [3.8, 4) is 11.1 Å². The average molecular weight is 549 g/mol. The molecule has 1 aliphatic rings. The van der Waals surface area contributed by atoms with Crippen LogP contribution in [0.4, 0.5) is 0 Å². The summed E-state index contributed by atoms with van der Waals surface area (Å²) in [5, 5.41) is 8.89. The quantitative estimate of drug-likeness (QED) is 0.306. The summed E-state index contributed by atoms with van der Waals surface area (Å²) in [6.45, 7) is 1.18. The summed E-state index contributed by atoms with van der Waals surface area (Å²) >= 11 is 0. The van der Waals surface area contributed by atoms with Gasteiger partial charge in [-0.15, -0.1) is 0 Å². The van der Waals surface area contributed by atoms with E-state index in [1.165, 1.54) is 25.5 Å². The van der Waals surface area contributed by atoms with Crippen LogP contribution in [0.1, 0.15) is 18.5 Å². The molecule has 1 fully saturated rings. The molecule has 0 radical (unpaired) electrons. The maximum atomic E-state index is 13.8. The smallest absolute Gasteiger partial charge is 0.237 e. The van der Waals surface area contributed by atoms with Gasteiger partial charge in [-0.2, -0.15) is 19.3 Å². The molecule has 3 aromatic heterocycles. The lowest BCUT2D eigenvalue weighted by Crippen LogP contribution is -2.27. The predicted octanol–water partition coefficient (Wildman–Crippen LogP) is 3.36. The van der Waals surface area contributed by atoms with Crippen molar-refractivity contribution in [2.24, 2.45) is 0 Å². The fourth-order valence-corrected chi connectivity index (χ4v) is 7.83. The molecule has 12 heteroatoms. The van der Waals surface area contributed by atoms with Crippen LogP contribution in [0.5, 0.6) is 0 Å². The Morgan fingerprint density at radius 1 is 0.737 bits per heavy atom. The molecule has 0 saturated carbocycles. The predicted molar refractivity (Wildman–Crippen MR) is 141 cm³/mol. The molecule has 194 valence electrons. The van der Waals surface area contributed by atoms with Gasteiger partial charge in [-0.1, -0.05) is 30.3 Å². The maximum absolute atomic E-state index is 13.8. The number of sulfonamides is 1. The van der Waals surface area contributed by atoms with Crippen molar-refractivity contribution < 1.29 is 16.8 Å². The number of hydrogen-bond acceptors (Lipinski definition) is 7. The lowest BCUT2D eigenvalue weighted by atomic mass is 10.0. The van der Waals surface area contributed by atoms with E-state index in [9.17, 15) is 16.8 Å². The molecule has 38 heavy (non-hydrogen) atoms. The molecule has 2 aromatic carbocycles. The minimum Gasteiger partial charge on any atom is -0.237 e. The summed E-state index contributed by atoms with van der Waals surface area (Å²) in [6.07, 6.45) is 6.34. The highest BCUT2D eigenvalue weighted by molar-refractivity contribution is 7.90. The molecule has 1 aliphatic heterocycles. The molecule has 5 aromatic rings. The Kier molecular flexibility index (Phi) is 6.09. The topological polar surface area (TPSA) is 120 Å². The van der Waals surface area contributed by atoms with Crippen molar-refractivity contribution in [2.45, 2.75) is 29.2 Å². The van der Waals surface area contributed by atoms with Crippen molar-refractivity contribution in [1.29, 1.82) is 0 Å². The first kappa shape index (κ1) is 24.5. The van der Waals surface area contributed by atoms with Crippen molar-refractivity contribution in [1.82, 2.24) is 28.3 Å². The summed E-state index contributed by atoms with van der Waals surface area (Å²) in [5.74, 6) is 0. The van der Waals surface area contributed by atoms with Crippen LogP contribution in [-0.2, 0) is 26.6 Å². The molecule has 1 saturated heterocycles. The maximum Gasteiger partial charge on any atom is 0.269 e. The van der Waals surface area contributed by atoms with Gasteiger partial charge in [0.05, 0.1) is 27.9 Å². The van der Waals surface area contributed by atoms with E-state index >= 15 is 0 Å². The van der Waals surface area contributed by atoms with Crippen LogP contribution in [0.2, 0.25) is 0 Å². The largest absolute Gasteiger partial charge is 0.269 e. The van der Waals surface area contributed by atoms with Gasteiger partial charge >= 0.3 is 0 Å². The lowest BCUT2D eigenvalue weighted by Gasteiger charge is -2.15. The number of fused-ring (bicyclic) bond motifs is 1. The molecule has 4 heterocycles. The van der Waals surface area contributed by atoms with Gasteiger partial charge in [-0.3, -0.25) is 0 Å². The highest BCUT2D eigenvalue weighted by Gasteiger charge is 2.28. The number of aromatic nitrogens is 5. The molecule has 10 nitrogen and oxygen atoms in total. The first-order chi connectivity index (χ1) is 18.4. The zero-order valence-corrected chi connectivity index (χ0v) is 21.9. The second-order valence-corrected chi connectivity index (χ2v) is 12.7. The molecule has 0 amide bonds. The van der Waals surface area contributed by atoms with E-state index in [1.54, 1.807) is 72.9 Å². The first-order valence-electron chi connectivity index (χ1n) is 12.1. The minimum atomic E-state index is -3.99. The number of benzene rings is 2. The highest BCUT2D eigenvalue weighted by atomic mass is 32.2. The monoisotopic (exact) mass is 548 g/mol. The van der Waals surface area contributed by atoms with Crippen molar-refractivity contribution in [2.75, 3.05) is 13.1 Å². The highest BCUT2D eigenvalue weighted by Crippen LogP contribution is 2.33. The lowest BCUT2D eigenvalue weighted by molar-refractivity contribution is 0.477. The normalized spacial score (nSPS) is 14.8. The van der Waals surface area contributed by atoms with Gasteiger partial charge in [0.1, 0.15) is 6.54 Å². The van der Waals surface area contributed by atoms with E-state index in [-0.39, 0.29) is 22.0 Å². The molecule has 0 unspecified atom stereocenters. The van der Waals surface area contributed by atoms with Gasteiger partial charge in [-0.25, -0.2) is 25.8 Å². The fourth-order valence-electron chi connectivity index (χ4n) is 4.81. The minimum absolute atomic E-state index is 0.113. The summed E-state index contributed by atoms with van der Waals surface area (Å²) in [5.41, 5.74) is 2.18. The van der Waals surface area contributed by atoms with Gasteiger partial charge in [0.25, 0.3) is 10.0 Å². The molecule has 6 rings (SSSR count). The third kappa shape index (κ3) is 4.20. The van der Waals surface area contributed by atoms with Gasteiger partial charge in [0.15, 0.2) is 5.65 Å². The Morgan fingerprint density at radius 2 is 1.39 bits per heavy atom. The van der Waals surface area contributed by atoms with Crippen molar-refractivity contribution in [3.63, 3.8) is 0 Å². The van der Waals surface area contributed by atoms with Gasteiger partial charge in [0, 0.05) is 24.7 Å². The first-order valence-corrected chi connectivity index (χ1v) is 15.0. The van der Waals surface area contributed by atoms with Crippen LogP contribution >= 0.6 is 0 Å². The number of rotatable bonds is 7. The summed E-state index contributed by atoms with van der Waals surface area (Å²) in [7, 11) is -7.53. The zero-order chi connectivity index (χ0) is 26.3.